The molecule has 0 radical (unpaired) electrons. The zero-order chi connectivity index (χ0) is 15.0. The van der Waals surface area contributed by atoms with Gasteiger partial charge in [0.2, 0.25) is 5.91 Å². The third-order valence-electron chi connectivity index (χ3n) is 3.40. The molecule has 1 amide bonds. The molecule has 5 nitrogen and oxygen atoms in total. The standard InChI is InChI=1S/C14H12BrN3O2S/c1-21-14-17-12-11(13(20)18-14)9(6-10(19)16-12)7-2-4-8(15)5-3-7/h2-5,9H,6H2,1H3,(H2,16,17,18,19,20)/t9-/m0/s1. The number of benzene rings is 1. The predicted molar refractivity (Wildman–Crippen MR) is 85.9 cm³/mol. The molecule has 7 heteroatoms. The summed E-state index contributed by atoms with van der Waals surface area (Å²) in [6.07, 6.45) is 2.07. The average molecular weight is 366 g/mol. The van der Waals surface area contributed by atoms with Crippen LogP contribution >= 0.6 is 27.7 Å². The van der Waals surface area contributed by atoms with E-state index in [2.05, 4.69) is 31.2 Å². The molecule has 0 aliphatic carbocycles. The number of carbonyl (C=O) groups is 1. The molecule has 2 heterocycles. The van der Waals surface area contributed by atoms with E-state index in [1.54, 1.807) is 0 Å². The summed E-state index contributed by atoms with van der Waals surface area (Å²) in [6.45, 7) is 0. The summed E-state index contributed by atoms with van der Waals surface area (Å²) in [5.74, 6) is -0.0261. The molecule has 0 bridgehead atoms. The molecule has 1 aliphatic heterocycles. The molecule has 1 atom stereocenters. The van der Waals surface area contributed by atoms with Crippen LogP contribution in [0.1, 0.15) is 23.5 Å². The highest BCUT2D eigenvalue weighted by atomic mass is 79.9. The fraction of sp³-hybridized carbons (Fsp3) is 0.214. The molecular weight excluding hydrogens is 354 g/mol. The van der Waals surface area contributed by atoms with Gasteiger partial charge in [-0.05, 0) is 24.0 Å². The number of carbonyl (C=O) groups excluding carboxylic acids is 1. The maximum atomic E-state index is 12.3. The lowest BCUT2D eigenvalue weighted by atomic mass is 9.87. The van der Waals surface area contributed by atoms with Gasteiger partial charge in [-0.3, -0.25) is 9.59 Å². The number of amides is 1. The van der Waals surface area contributed by atoms with Crippen molar-refractivity contribution >= 4 is 39.4 Å². The van der Waals surface area contributed by atoms with Crippen LogP contribution in [-0.2, 0) is 4.79 Å². The number of aromatic amines is 1. The van der Waals surface area contributed by atoms with Crippen LogP contribution < -0.4 is 10.9 Å². The van der Waals surface area contributed by atoms with E-state index < -0.39 is 0 Å². The Kier molecular flexibility index (Phi) is 3.86. The van der Waals surface area contributed by atoms with Crippen LogP contribution in [0.3, 0.4) is 0 Å². The van der Waals surface area contributed by atoms with Gasteiger partial charge >= 0.3 is 0 Å². The molecule has 108 valence electrons. The fourth-order valence-corrected chi connectivity index (χ4v) is 3.07. The summed E-state index contributed by atoms with van der Waals surface area (Å²) >= 11 is 4.72. The number of hydrogen-bond donors (Lipinski definition) is 2. The van der Waals surface area contributed by atoms with Crippen molar-refractivity contribution in [2.75, 3.05) is 11.6 Å². The molecule has 0 saturated heterocycles. The fourth-order valence-electron chi connectivity index (χ4n) is 2.43. The Balaban J connectivity index is 2.15. The third-order valence-corrected chi connectivity index (χ3v) is 4.50. The molecule has 0 spiro atoms. The van der Waals surface area contributed by atoms with Gasteiger partial charge in [0.25, 0.3) is 5.56 Å². The van der Waals surface area contributed by atoms with Gasteiger partial charge in [0, 0.05) is 16.8 Å². The minimum atomic E-state index is -0.269. The van der Waals surface area contributed by atoms with Gasteiger partial charge in [-0.2, -0.15) is 0 Å². The second kappa shape index (κ2) is 5.65. The highest BCUT2D eigenvalue weighted by molar-refractivity contribution is 9.10. The first kappa shape index (κ1) is 14.3. The minimum absolute atomic E-state index is 0.124. The highest BCUT2D eigenvalue weighted by Gasteiger charge is 2.30. The predicted octanol–water partition coefficient (Wildman–Crippen LogP) is 2.73. The van der Waals surface area contributed by atoms with Gasteiger partial charge in [0.05, 0.1) is 5.56 Å². The van der Waals surface area contributed by atoms with E-state index in [9.17, 15) is 9.59 Å². The van der Waals surface area contributed by atoms with E-state index in [0.29, 0.717) is 16.5 Å². The first-order chi connectivity index (χ1) is 10.1. The van der Waals surface area contributed by atoms with E-state index in [0.717, 1.165) is 10.0 Å². The molecule has 2 N–H and O–H groups in total. The number of nitrogens with one attached hydrogen (secondary N) is 2. The number of aromatic nitrogens is 2. The average Bonchev–Trinajstić information content (AvgIpc) is 2.46. The Morgan fingerprint density at radius 2 is 2.00 bits per heavy atom. The van der Waals surface area contributed by atoms with Crippen molar-refractivity contribution in [3.63, 3.8) is 0 Å². The Hall–Kier alpha value is -1.60. The Morgan fingerprint density at radius 3 is 2.67 bits per heavy atom. The van der Waals surface area contributed by atoms with E-state index in [1.165, 1.54) is 11.8 Å². The van der Waals surface area contributed by atoms with Crippen molar-refractivity contribution in [3.8, 4) is 0 Å². The molecule has 1 aromatic heterocycles. The zero-order valence-electron chi connectivity index (χ0n) is 11.1. The van der Waals surface area contributed by atoms with Crippen molar-refractivity contribution in [3.05, 3.63) is 50.2 Å². The molecule has 0 fully saturated rings. The summed E-state index contributed by atoms with van der Waals surface area (Å²) in [5.41, 5.74) is 1.26. The van der Waals surface area contributed by atoms with Crippen molar-refractivity contribution in [1.82, 2.24) is 9.97 Å². The number of H-pyrrole nitrogens is 1. The summed E-state index contributed by atoms with van der Waals surface area (Å²) in [7, 11) is 0. The molecule has 1 aliphatic rings. The van der Waals surface area contributed by atoms with E-state index in [-0.39, 0.29) is 23.8 Å². The van der Waals surface area contributed by atoms with E-state index in [4.69, 9.17) is 0 Å². The lowest BCUT2D eigenvalue weighted by molar-refractivity contribution is -0.116. The first-order valence-electron chi connectivity index (χ1n) is 6.32. The molecule has 2 aromatic rings. The van der Waals surface area contributed by atoms with Crippen LogP contribution in [0.2, 0.25) is 0 Å². The van der Waals surface area contributed by atoms with Crippen LogP contribution in [0.25, 0.3) is 0 Å². The Bertz CT molecular complexity index is 758. The topological polar surface area (TPSA) is 74.8 Å². The first-order valence-corrected chi connectivity index (χ1v) is 8.34. The van der Waals surface area contributed by atoms with Crippen LogP contribution in [-0.4, -0.2) is 22.1 Å². The maximum Gasteiger partial charge on any atom is 0.257 e. The molecular formula is C14H12BrN3O2S. The number of nitrogens with zero attached hydrogens (tertiary/aromatic N) is 1. The molecule has 0 saturated carbocycles. The molecule has 1 aromatic carbocycles. The Morgan fingerprint density at radius 1 is 1.29 bits per heavy atom. The molecule has 0 unspecified atom stereocenters. The Labute approximate surface area is 133 Å². The van der Waals surface area contributed by atoms with Gasteiger partial charge in [-0.15, -0.1) is 0 Å². The lowest BCUT2D eigenvalue weighted by Gasteiger charge is -2.24. The maximum absolute atomic E-state index is 12.3. The summed E-state index contributed by atoms with van der Waals surface area (Å²) in [4.78, 5) is 31.3. The van der Waals surface area contributed by atoms with Crippen LogP contribution in [0, 0.1) is 0 Å². The number of hydrogen-bond acceptors (Lipinski definition) is 4. The van der Waals surface area contributed by atoms with Crippen LogP contribution in [0.4, 0.5) is 5.82 Å². The molecule has 3 rings (SSSR count). The van der Waals surface area contributed by atoms with E-state index >= 15 is 0 Å². The minimum Gasteiger partial charge on any atom is -0.310 e. The number of anilines is 1. The number of halogens is 1. The second-order valence-electron chi connectivity index (χ2n) is 4.69. The number of fused-ring (bicyclic) bond motifs is 1. The van der Waals surface area contributed by atoms with Crippen LogP contribution in [0.15, 0.2) is 38.7 Å². The van der Waals surface area contributed by atoms with E-state index in [1.807, 2.05) is 30.5 Å². The zero-order valence-corrected chi connectivity index (χ0v) is 13.5. The van der Waals surface area contributed by atoms with Crippen molar-refractivity contribution in [1.29, 1.82) is 0 Å². The number of rotatable bonds is 2. The molecule has 21 heavy (non-hydrogen) atoms. The largest absolute Gasteiger partial charge is 0.310 e. The normalized spacial score (nSPS) is 17.2. The SMILES string of the molecule is CSc1nc2c(c(=O)[nH]1)[C@H](c1ccc(Br)cc1)CC(=O)N2. The van der Waals surface area contributed by atoms with Gasteiger partial charge < -0.3 is 10.3 Å². The van der Waals surface area contributed by atoms with Gasteiger partial charge in [0.15, 0.2) is 5.16 Å². The quantitative estimate of drug-likeness (QED) is 0.633. The van der Waals surface area contributed by atoms with Crippen molar-refractivity contribution in [2.45, 2.75) is 17.5 Å². The van der Waals surface area contributed by atoms with Gasteiger partial charge in [-0.1, -0.05) is 39.8 Å². The summed E-state index contributed by atoms with van der Waals surface area (Å²) < 4.78 is 0.955. The summed E-state index contributed by atoms with van der Waals surface area (Å²) in [5, 5.41) is 3.19. The van der Waals surface area contributed by atoms with Crippen molar-refractivity contribution in [2.24, 2.45) is 0 Å². The lowest BCUT2D eigenvalue weighted by Crippen LogP contribution is -2.31. The number of thioether (sulfide) groups is 1. The third kappa shape index (κ3) is 2.75. The highest BCUT2D eigenvalue weighted by Crippen LogP contribution is 2.34. The second-order valence-corrected chi connectivity index (χ2v) is 6.40. The summed E-state index contributed by atoms with van der Waals surface area (Å²) in [6, 6.07) is 7.64. The smallest absolute Gasteiger partial charge is 0.257 e. The monoisotopic (exact) mass is 365 g/mol. The van der Waals surface area contributed by atoms with Crippen molar-refractivity contribution < 1.29 is 4.79 Å². The van der Waals surface area contributed by atoms with Crippen LogP contribution in [0.5, 0.6) is 0 Å². The van der Waals surface area contributed by atoms with Gasteiger partial charge in [0.1, 0.15) is 5.82 Å². The van der Waals surface area contributed by atoms with Gasteiger partial charge in [-0.25, -0.2) is 4.98 Å².